The number of rotatable bonds is 6. The lowest BCUT2D eigenvalue weighted by molar-refractivity contribution is -0.152. The highest BCUT2D eigenvalue weighted by Crippen LogP contribution is 2.24. The molecule has 1 amide bonds. The van der Waals surface area contributed by atoms with Crippen molar-refractivity contribution in [2.75, 3.05) is 5.32 Å². The molecular formula is C20H18N2O4S. The first kappa shape index (κ1) is 18.7. The van der Waals surface area contributed by atoms with Gasteiger partial charge in [0.25, 0.3) is 5.91 Å². The quantitative estimate of drug-likeness (QED) is 0.650. The molecule has 0 radical (unpaired) electrons. The minimum atomic E-state index is -0.976. The van der Waals surface area contributed by atoms with Crippen LogP contribution in [0.4, 0.5) is 5.00 Å². The monoisotopic (exact) mass is 382 g/mol. The third-order valence-electron chi connectivity index (χ3n) is 4.16. The van der Waals surface area contributed by atoms with Crippen LogP contribution in [-0.4, -0.2) is 18.0 Å². The van der Waals surface area contributed by atoms with Crippen LogP contribution in [0.5, 0.6) is 0 Å². The fourth-order valence-electron chi connectivity index (χ4n) is 2.64. The first-order chi connectivity index (χ1) is 13.0. The number of aryl methyl sites for hydroxylation is 1. The largest absolute Gasteiger partial charge is 0.464 e. The van der Waals surface area contributed by atoms with Crippen molar-refractivity contribution in [1.82, 2.24) is 0 Å². The molecule has 0 fully saturated rings. The van der Waals surface area contributed by atoms with Crippen LogP contribution in [0, 0.1) is 11.3 Å². The minimum absolute atomic E-state index is 0.0124. The van der Waals surface area contributed by atoms with Gasteiger partial charge >= 0.3 is 5.97 Å². The summed E-state index contributed by atoms with van der Waals surface area (Å²) in [4.78, 5) is 24.4. The molecule has 6 nitrogen and oxygen atoms in total. The van der Waals surface area contributed by atoms with Crippen molar-refractivity contribution in [3.63, 3.8) is 0 Å². The number of carbonyl (C=O) groups is 2. The molecule has 0 unspecified atom stereocenters. The zero-order chi connectivity index (χ0) is 19.4. The van der Waals surface area contributed by atoms with Crippen LogP contribution in [0.3, 0.4) is 0 Å². The number of fused-ring (bicyclic) bond motifs is 1. The van der Waals surface area contributed by atoms with E-state index in [0.29, 0.717) is 10.6 Å². The predicted octanol–water partition coefficient (Wildman–Crippen LogP) is 4.04. The number of carbonyl (C=O) groups excluding carboxylic acids is 2. The lowest BCUT2D eigenvalue weighted by atomic mass is 10.1. The van der Waals surface area contributed by atoms with E-state index in [0.717, 1.165) is 28.5 Å². The van der Waals surface area contributed by atoms with Gasteiger partial charge in [0.15, 0.2) is 6.10 Å². The van der Waals surface area contributed by atoms with Gasteiger partial charge in [-0.2, -0.15) is 5.26 Å². The van der Waals surface area contributed by atoms with E-state index in [-0.39, 0.29) is 6.42 Å². The topological polar surface area (TPSA) is 92.3 Å². The SMILES string of the molecule is CCc1ccc2c(CC(=O)O[C@@H](C)C(=O)Nc3sccc3C#N)coc2c1. The molecule has 0 aliphatic heterocycles. The molecule has 0 spiro atoms. The average molecular weight is 382 g/mol. The van der Waals surface area contributed by atoms with Crippen molar-refractivity contribution >= 4 is 39.2 Å². The van der Waals surface area contributed by atoms with E-state index in [4.69, 9.17) is 14.4 Å². The number of furan rings is 1. The fourth-order valence-corrected chi connectivity index (χ4v) is 3.38. The smallest absolute Gasteiger partial charge is 0.311 e. The van der Waals surface area contributed by atoms with Crippen LogP contribution in [0.15, 0.2) is 40.3 Å². The number of nitriles is 1. The maximum absolute atomic E-state index is 12.2. The highest BCUT2D eigenvalue weighted by molar-refractivity contribution is 7.14. The summed E-state index contributed by atoms with van der Waals surface area (Å²) in [5, 5.41) is 14.6. The summed E-state index contributed by atoms with van der Waals surface area (Å²) in [5.41, 5.74) is 2.98. The third kappa shape index (κ3) is 4.18. The van der Waals surface area contributed by atoms with Crippen molar-refractivity contribution in [3.05, 3.63) is 52.6 Å². The average Bonchev–Trinajstić information content (AvgIpc) is 3.27. The highest BCUT2D eigenvalue weighted by Gasteiger charge is 2.21. The predicted molar refractivity (Wildman–Crippen MR) is 103 cm³/mol. The fraction of sp³-hybridized carbons (Fsp3) is 0.250. The first-order valence-electron chi connectivity index (χ1n) is 8.48. The van der Waals surface area contributed by atoms with Crippen LogP contribution >= 0.6 is 11.3 Å². The normalized spacial score (nSPS) is 11.7. The molecule has 2 heterocycles. The molecule has 3 rings (SSSR count). The van der Waals surface area contributed by atoms with Gasteiger partial charge in [-0.3, -0.25) is 9.59 Å². The van der Waals surface area contributed by atoms with Gasteiger partial charge < -0.3 is 14.5 Å². The molecule has 2 aromatic heterocycles. The van der Waals surface area contributed by atoms with E-state index in [2.05, 4.69) is 12.2 Å². The zero-order valence-electron chi connectivity index (χ0n) is 14.9. The van der Waals surface area contributed by atoms with Crippen molar-refractivity contribution in [1.29, 1.82) is 5.26 Å². The Balaban J connectivity index is 1.62. The van der Waals surface area contributed by atoms with Gasteiger partial charge in [0.05, 0.1) is 18.2 Å². The Morgan fingerprint density at radius 1 is 1.37 bits per heavy atom. The number of benzene rings is 1. The molecule has 0 aliphatic carbocycles. The number of ether oxygens (including phenoxy) is 1. The lowest BCUT2D eigenvalue weighted by Gasteiger charge is -2.12. The molecule has 3 aromatic rings. The summed E-state index contributed by atoms with van der Waals surface area (Å²) in [7, 11) is 0. The summed E-state index contributed by atoms with van der Waals surface area (Å²) in [5.74, 6) is -1.00. The maximum Gasteiger partial charge on any atom is 0.311 e. The third-order valence-corrected chi connectivity index (χ3v) is 4.99. The molecule has 0 bridgehead atoms. The zero-order valence-corrected chi connectivity index (χ0v) is 15.8. The number of anilines is 1. The van der Waals surface area contributed by atoms with Gasteiger partial charge in [-0.25, -0.2) is 0 Å². The van der Waals surface area contributed by atoms with E-state index in [1.54, 1.807) is 17.7 Å². The van der Waals surface area contributed by atoms with Crippen LogP contribution in [0.25, 0.3) is 11.0 Å². The van der Waals surface area contributed by atoms with Gasteiger partial charge in [-0.1, -0.05) is 19.1 Å². The van der Waals surface area contributed by atoms with Crippen molar-refractivity contribution < 1.29 is 18.7 Å². The van der Waals surface area contributed by atoms with Gasteiger partial charge in [0.1, 0.15) is 16.7 Å². The Bertz CT molecular complexity index is 1030. The minimum Gasteiger partial charge on any atom is -0.464 e. The number of hydrogen-bond acceptors (Lipinski definition) is 6. The highest BCUT2D eigenvalue weighted by atomic mass is 32.1. The number of hydrogen-bond donors (Lipinski definition) is 1. The number of nitrogens with one attached hydrogen (secondary N) is 1. The van der Waals surface area contributed by atoms with Crippen LogP contribution in [0.1, 0.15) is 30.5 Å². The summed E-state index contributed by atoms with van der Waals surface area (Å²) in [6, 6.07) is 9.49. The Morgan fingerprint density at radius 2 is 2.19 bits per heavy atom. The van der Waals surface area contributed by atoms with E-state index < -0.39 is 18.0 Å². The van der Waals surface area contributed by atoms with E-state index >= 15 is 0 Å². The van der Waals surface area contributed by atoms with Crippen molar-refractivity contribution in [2.45, 2.75) is 32.8 Å². The van der Waals surface area contributed by atoms with Crippen LogP contribution in [-0.2, 0) is 27.2 Å². The molecule has 27 heavy (non-hydrogen) atoms. The van der Waals surface area contributed by atoms with Crippen LogP contribution in [0.2, 0.25) is 0 Å². The van der Waals surface area contributed by atoms with Gasteiger partial charge in [0, 0.05) is 10.9 Å². The Morgan fingerprint density at radius 3 is 2.93 bits per heavy atom. The number of nitrogens with zero attached hydrogens (tertiary/aromatic N) is 1. The van der Waals surface area contributed by atoms with Gasteiger partial charge in [-0.15, -0.1) is 11.3 Å². The first-order valence-corrected chi connectivity index (χ1v) is 9.36. The van der Waals surface area contributed by atoms with Crippen LogP contribution < -0.4 is 5.32 Å². The van der Waals surface area contributed by atoms with Crippen molar-refractivity contribution in [3.8, 4) is 6.07 Å². The summed E-state index contributed by atoms with van der Waals surface area (Å²) in [6.45, 7) is 3.55. The second kappa shape index (κ2) is 8.06. The molecule has 0 saturated heterocycles. The Kier molecular flexibility index (Phi) is 5.57. The number of esters is 1. The van der Waals surface area contributed by atoms with Gasteiger partial charge in [-0.05, 0) is 36.4 Å². The second-order valence-electron chi connectivity index (χ2n) is 6.02. The van der Waals surface area contributed by atoms with E-state index in [1.807, 2.05) is 24.3 Å². The summed E-state index contributed by atoms with van der Waals surface area (Å²) < 4.78 is 10.8. The molecule has 0 aliphatic rings. The molecule has 1 aromatic carbocycles. The lowest BCUT2D eigenvalue weighted by Crippen LogP contribution is -2.30. The Hall–Kier alpha value is -3.11. The molecule has 0 saturated carbocycles. The second-order valence-corrected chi connectivity index (χ2v) is 6.93. The number of amides is 1. The Labute approximate surface area is 160 Å². The van der Waals surface area contributed by atoms with Crippen molar-refractivity contribution in [2.24, 2.45) is 0 Å². The molecule has 138 valence electrons. The standard InChI is InChI=1S/C20H18N2O4S/c1-3-13-4-5-16-15(11-25-17(16)8-13)9-18(23)26-12(2)19(24)22-20-14(10-21)6-7-27-20/h4-8,11-12H,3,9H2,1-2H3,(H,22,24)/t12-/m0/s1. The summed E-state index contributed by atoms with van der Waals surface area (Å²) in [6.07, 6.45) is 1.48. The number of thiophene rings is 1. The molecule has 7 heteroatoms. The molecule has 1 N–H and O–H groups in total. The summed E-state index contributed by atoms with van der Waals surface area (Å²) >= 11 is 1.24. The van der Waals surface area contributed by atoms with Gasteiger partial charge in [0.2, 0.25) is 0 Å². The van der Waals surface area contributed by atoms with E-state index in [1.165, 1.54) is 18.3 Å². The molecular weight excluding hydrogens is 364 g/mol. The molecule has 1 atom stereocenters. The van der Waals surface area contributed by atoms with E-state index in [9.17, 15) is 9.59 Å². The maximum atomic E-state index is 12.2.